The number of rotatable bonds is 0. The lowest BCUT2D eigenvalue weighted by Gasteiger charge is -2.05. The highest BCUT2D eigenvalue weighted by atomic mass is 16.1. The van der Waals surface area contributed by atoms with Crippen molar-refractivity contribution >= 4 is 5.78 Å². The van der Waals surface area contributed by atoms with E-state index >= 15 is 0 Å². The van der Waals surface area contributed by atoms with Crippen LogP contribution in [0.1, 0.15) is 59.8 Å². The van der Waals surface area contributed by atoms with Crippen molar-refractivity contribution in [3.05, 3.63) is 0 Å². The number of hydrogen-bond acceptors (Lipinski definition) is 1. The molecule has 0 unspecified atom stereocenters. The molecule has 0 spiro atoms. The Balaban J connectivity index is 0. The van der Waals surface area contributed by atoms with Gasteiger partial charge in [-0.3, -0.25) is 4.79 Å². The Bertz CT molecular complexity index is 68.9. The number of hydrogen-bond donors (Lipinski definition) is 0. The predicted molar refractivity (Wildman–Crippen MR) is 50.8 cm³/mol. The lowest BCUT2D eigenvalue weighted by atomic mass is 10.00. The topological polar surface area (TPSA) is 17.1 Å². The standard InChI is InChI=1S/C6H10O.2C2H6/c7-6-4-2-1-3-5-6;2*1-2/h1-5H2;2*1-2H3. The average molecular weight is 158 g/mol. The van der Waals surface area contributed by atoms with Crippen molar-refractivity contribution in [3.8, 4) is 0 Å². The fourth-order valence-electron chi connectivity index (χ4n) is 0.946. The van der Waals surface area contributed by atoms with Crippen molar-refractivity contribution in [1.82, 2.24) is 0 Å². The Morgan fingerprint density at radius 1 is 0.818 bits per heavy atom. The number of carbonyl (C=O) groups excluding carboxylic acids is 1. The molecule has 0 atom stereocenters. The number of carbonyl (C=O) groups is 1. The zero-order valence-corrected chi connectivity index (χ0v) is 8.44. The van der Waals surface area contributed by atoms with Gasteiger partial charge in [0.2, 0.25) is 0 Å². The van der Waals surface area contributed by atoms with Gasteiger partial charge >= 0.3 is 0 Å². The van der Waals surface area contributed by atoms with Gasteiger partial charge in [-0.15, -0.1) is 0 Å². The summed E-state index contributed by atoms with van der Waals surface area (Å²) in [5.74, 6) is 0.464. The van der Waals surface area contributed by atoms with Gasteiger partial charge < -0.3 is 0 Å². The first kappa shape index (κ1) is 13.3. The summed E-state index contributed by atoms with van der Waals surface area (Å²) in [6.07, 6.45) is 5.24. The second kappa shape index (κ2) is 12.4. The van der Waals surface area contributed by atoms with Crippen molar-refractivity contribution in [2.75, 3.05) is 0 Å². The quantitative estimate of drug-likeness (QED) is 0.526. The lowest BCUT2D eigenvalue weighted by molar-refractivity contribution is -0.120. The van der Waals surface area contributed by atoms with Crippen LogP contribution in [-0.2, 0) is 4.79 Å². The maximum absolute atomic E-state index is 10.5. The van der Waals surface area contributed by atoms with Gasteiger partial charge in [0.1, 0.15) is 5.78 Å². The molecule has 1 aliphatic rings. The molecule has 1 rings (SSSR count). The SMILES string of the molecule is CC.CC.O=C1CCCCC1. The van der Waals surface area contributed by atoms with Crippen molar-refractivity contribution in [3.63, 3.8) is 0 Å². The molecule has 1 saturated carbocycles. The van der Waals surface area contributed by atoms with Gasteiger partial charge in [0.15, 0.2) is 0 Å². The van der Waals surface area contributed by atoms with E-state index in [-0.39, 0.29) is 0 Å². The van der Waals surface area contributed by atoms with Gasteiger partial charge in [-0.05, 0) is 12.8 Å². The second-order valence-electron chi connectivity index (χ2n) is 2.10. The molecule has 0 radical (unpaired) electrons. The van der Waals surface area contributed by atoms with E-state index in [1.807, 2.05) is 27.7 Å². The highest BCUT2D eigenvalue weighted by Crippen LogP contribution is 2.12. The molecule has 0 amide bonds. The highest BCUT2D eigenvalue weighted by Gasteiger charge is 2.05. The van der Waals surface area contributed by atoms with Gasteiger partial charge in [0, 0.05) is 12.8 Å². The lowest BCUT2D eigenvalue weighted by Crippen LogP contribution is -2.02. The molecule has 1 aliphatic carbocycles. The van der Waals surface area contributed by atoms with Gasteiger partial charge in [0.25, 0.3) is 0 Å². The molecule has 0 aromatic heterocycles. The van der Waals surface area contributed by atoms with Crippen LogP contribution < -0.4 is 0 Å². The third-order valence-corrected chi connectivity index (χ3v) is 1.41. The average Bonchev–Trinajstić information content (AvgIpc) is 2.13. The predicted octanol–water partition coefficient (Wildman–Crippen LogP) is 3.57. The normalized spacial score (nSPS) is 15.5. The Morgan fingerprint density at radius 3 is 1.36 bits per heavy atom. The molecule has 0 aliphatic heterocycles. The van der Waals surface area contributed by atoms with Crippen molar-refractivity contribution in [2.24, 2.45) is 0 Å². The summed E-state index contributed by atoms with van der Waals surface area (Å²) in [5, 5.41) is 0. The zero-order chi connectivity index (χ0) is 9.11. The maximum atomic E-state index is 10.5. The first-order valence-corrected chi connectivity index (χ1v) is 4.91. The van der Waals surface area contributed by atoms with Crippen LogP contribution in [0.5, 0.6) is 0 Å². The third-order valence-electron chi connectivity index (χ3n) is 1.41. The number of ketones is 1. The molecule has 0 N–H and O–H groups in total. The Hall–Kier alpha value is -0.330. The van der Waals surface area contributed by atoms with Crippen LogP contribution in [0.15, 0.2) is 0 Å². The first-order valence-electron chi connectivity index (χ1n) is 4.91. The van der Waals surface area contributed by atoms with Crippen molar-refractivity contribution in [1.29, 1.82) is 0 Å². The van der Waals surface area contributed by atoms with Crippen LogP contribution in [0.2, 0.25) is 0 Å². The fourth-order valence-corrected chi connectivity index (χ4v) is 0.946. The van der Waals surface area contributed by atoms with Crippen molar-refractivity contribution in [2.45, 2.75) is 59.8 Å². The summed E-state index contributed by atoms with van der Waals surface area (Å²) in [6, 6.07) is 0. The molecule has 0 heterocycles. The molecular formula is C10H22O. The van der Waals surface area contributed by atoms with E-state index in [9.17, 15) is 4.79 Å². The smallest absolute Gasteiger partial charge is 0.132 e. The van der Waals surface area contributed by atoms with Crippen LogP contribution in [-0.4, -0.2) is 5.78 Å². The monoisotopic (exact) mass is 158 g/mol. The molecule has 0 saturated heterocycles. The van der Waals surface area contributed by atoms with E-state index in [1.54, 1.807) is 0 Å². The van der Waals surface area contributed by atoms with E-state index < -0.39 is 0 Å². The molecular weight excluding hydrogens is 136 g/mol. The molecule has 1 heteroatoms. The Kier molecular flexibility index (Phi) is 14.9. The molecule has 1 nitrogen and oxygen atoms in total. The molecule has 0 bridgehead atoms. The fraction of sp³-hybridized carbons (Fsp3) is 0.900. The van der Waals surface area contributed by atoms with E-state index in [2.05, 4.69) is 0 Å². The van der Waals surface area contributed by atoms with Crippen LogP contribution in [0.3, 0.4) is 0 Å². The second-order valence-corrected chi connectivity index (χ2v) is 2.10. The zero-order valence-electron chi connectivity index (χ0n) is 8.44. The Morgan fingerprint density at radius 2 is 1.18 bits per heavy atom. The third kappa shape index (κ3) is 9.67. The minimum atomic E-state index is 0.464. The highest BCUT2D eigenvalue weighted by molar-refractivity contribution is 5.78. The van der Waals surface area contributed by atoms with E-state index in [0.717, 1.165) is 25.7 Å². The van der Waals surface area contributed by atoms with E-state index in [4.69, 9.17) is 0 Å². The summed E-state index contributed by atoms with van der Waals surface area (Å²) >= 11 is 0. The molecule has 68 valence electrons. The summed E-state index contributed by atoms with van der Waals surface area (Å²) < 4.78 is 0. The van der Waals surface area contributed by atoms with Gasteiger partial charge in [-0.25, -0.2) is 0 Å². The Labute approximate surface area is 71.2 Å². The molecule has 0 aromatic carbocycles. The number of Topliss-reactive ketones (excluding diaryl/α,β-unsaturated/α-hetero) is 1. The molecule has 11 heavy (non-hydrogen) atoms. The van der Waals surface area contributed by atoms with Gasteiger partial charge in [-0.1, -0.05) is 34.1 Å². The van der Waals surface area contributed by atoms with E-state index in [1.165, 1.54) is 6.42 Å². The summed E-state index contributed by atoms with van der Waals surface area (Å²) in [6.45, 7) is 8.00. The van der Waals surface area contributed by atoms with Gasteiger partial charge in [0.05, 0.1) is 0 Å². The van der Waals surface area contributed by atoms with Crippen LogP contribution in [0.4, 0.5) is 0 Å². The summed E-state index contributed by atoms with van der Waals surface area (Å²) in [7, 11) is 0. The minimum Gasteiger partial charge on any atom is -0.300 e. The van der Waals surface area contributed by atoms with Crippen LogP contribution in [0.25, 0.3) is 0 Å². The van der Waals surface area contributed by atoms with E-state index in [0.29, 0.717) is 5.78 Å². The first-order chi connectivity index (χ1) is 5.39. The summed E-state index contributed by atoms with van der Waals surface area (Å²) in [4.78, 5) is 10.5. The van der Waals surface area contributed by atoms with Crippen molar-refractivity contribution < 1.29 is 4.79 Å². The van der Waals surface area contributed by atoms with Gasteiger partial charge in [-0.2, -0.15) is 0 Å². The molecule has 0 aromatic rings. The summed E-state index contributed by atoms with van der Waals surface area (Å²) in [5.41, 5.74) is 0. The molecule has 1 fully saturated rings. The van der Waals surface area contributed by atoms with Crippen LogP contribution >= 0.6 is 0 Å². The maximum Gasteiger partial charge on any atom is 0.132 e. The van der Waals surface area contributed by atoms with Crippen LogP contribution in [0, 0.1) is 0 Å². The minimum absolute atomic E-state index is 0.464. The largest absolute Gasteiger partial charge is 0.300 e.